The van der Waals surface area contributed by atoms with Crippen molar-refractivity contribution in [3.05, 3.63) is 72.3 Å². The Morgan fingerprint density at radius 3 is 2.61 bits per heavy atom. The molecule has 5 rings (SSSR count). The molecule has 0 bridgehead atoms. The molecule has 8 nitrogen and oxygen atoms in total. The number of carbonyl (C=O) groups is 1. The van der Waals surface area contributed by atoms with Gasteiger partial charge in [0.05, 0.1) is 23.3 Å². The van der Waals surface area contributed by atoms with E-state index in [0.29, 0.717) is 17.1 Å². The van der Waals surface area contributed by atoms with Crippen molar-refractivity contribution in [2.45, 2.75) is 6.42 Å². The summed E-state index contributed by atoms with van der Waals surface area (Å²) in [5.41, 5.74) is 9.49. The van der Waals surface area contributed by atoms with Crippen LogP contribution in [0.4, 0.5) is 11.6 Å². The number of hydrogen-bond donors (Lipinski definition) is 1. The number of piperazine rings is 1. The van der Waals surface area contributed by atoms with Crippen molar-refractivity contribution in [1.29, 1.82) is 0 Å². The number of rotatable bonds is 5. The Labute approximate surface area is 192 Å². The van der Waals surface area contributed by atoms with Crippen molar-refractivity contribution in [3.8, 4) is 11.3 Å². The molecule has 2 N–H and O–H groups in total. The topological polar surface area (TPSA) is 101 Å². The summed E-state index contributed by atoms with van der Waals surface area (Å²) in [4.78, 5) is 35.4. The molecule has 0 spiro atoms. The highest BCUT2D eigenvalue weighted by Crippen LogP contribution is 2.22. The molecule has 4 aromatic rings. The fourth-order valence-corrected chi connectivity index (χ4v) is 3.94. The number of aromatic nitrogens is 4. The van der Waals surface area contributed by atoms with Gasteiger partial charge in [0.2, 0.25) is 0 Å². The van der Waals surface area contributed by atoms with Gasteiger partial charge in [-0.3, -0.25) is 9.78 Å². The maximum Gasteiger partial charge on any atom is 0.169 e. The Balaban J connectivity index is 1.36. The molecule has 0 unspecified atom stereocenters. The average Bonchev–Trinajstić information content (AvgIpc) is 2.84. The normalized spacial score (nSPS) is 14.5. The first-order valence-electron chi connectivity index (χ1n) is 11.0. The summed E-state index contributed by atoms with van der Waals surface area (Å²) in [6, 6.07) is 13.1. The van der Waals surface area contributed by atoms with E-state index in [9.17, 15) is 4.79 Å². The van der Waals surface area contributed by atoms with Crippen LogP contribution in [-0.2, 0) is 6.42 Å². The molecule has 0 amide bonds. The summed E-state index contributed by atoms with van der Waals surface area (Å²) in [7, 11) is 2.12. The lowest BCUT2D eigenvalue weighted by Crippen LogP contribution is -2.44. The molecular formula is C25H25N7O. The van der Waals surface area contributed by atoms with Gasteiger partial charge in [0.25, 0.3) is 0 Å². The second-order valence-corrected chi connectivity index (χ2v) is 8.33. The fourth-order valence-electron chi connectivity index (χ4n) is 3.94. The van der Waals surface area contributed by atoms with E-state index >= 15 is 0 Å². The van der Waals surface area contributed by atoms with Gasteiger partial charge in [0.1, 0.15) is 11.6 Å². The minimum atomic E-state index is 0.0125. The van der Waals surface area contributed by atoms with E-state index in [1.807, 2.05) is 30.3 Å². The first kappa shape index (κ1) is 21.0. The Morgan fingerprint density at radius 1 is 0.970 bits per heavy atom. The van der Waals surface area contributed by atoms with E-state index < -0.39 is 0 Å². The van der Waals surface area contributed by atoms with Crippen LogP contribution in [0.1, 0.15) is 16.1 Å². The van der Waals surface area contributed by atoms with E-state index in [4.69, 9.17) is 10.7 Å². The Hall–Kier alpha value is -3.91. The molecule has 4 aromatic heterocycles. The van der Waals surface area contributed by atoms with Crippen LogP contribution in [0.15, 0.2) is 61.1 Å². The van der Waals surface area contributed by atoms with Gasteiger partial charge in [-0.2, -0.15) is 0 Å². The van der Waals surface area contributed by atoms with Gasteiger partial charge >= 0.3 is 0 Å². The van der Waals surface area contributed by atoms with Crippen LogP contribution in [0.25, 0.3) is 22.2 Å². The van der Waals surface area contributed by atoms with Crippen LogP contribution < -0.4 is 10.6 Å². The monoisotopic (exact) mass is 439 g/mol. The van der Waals surface area contributed by atoms with Crippen molar-refractivity contribution in [3.63, 3.8) is 0 Å². The quantitative estimate of drug-likeness (QED) is 0.474. The number of hydrogen-bond acceptors (Lipinski definition) is 8. The molecule has 5 heterocycles. The number of nitrogen functional groups attached to an aromatic ring is 1. The smallest absolute Gasteiger partial charge is 0.169 e. The van der Waals surface area contributed by atoms with Gasteiger partial charge in [-0.05, 0) is 49.5 Å². The summed E-state index contributed by atoms with van der Waals surface area (Å²) < 4.78 is 0. The lowest BCUT2D eigenvalue weighted by Gasteiger charge is -2.33. The third-order valence-corrected chi connectivity index (χ3v) is 5.95. The van der Waals surface area contributed by atoms with Crippen LogP contribution in [0.3, 0.4) is 0 Å². The van der Waals surface area contributed by atoms with E-state index in [1.165, 1.54) is 0 Å². The summed E-state index contributed by atoms with van der Waals surface area (Å²) in [6.45, 7) is 3.79. The molecule has 0 radical (unpaired) electrons. The van der Waals surface area contributed by atoms with Gasteiger partial charge in [-0.15, -0.1) is 0 Å². The highest BCUT2D eigenvalue weighted by Gasteiger charge is 2.17. The number of nitrogens with two attached hydrogens (primary N) is 1. The number of fused-ring (bicyclic) bond motifs is 1. The van der Waals surface area contributed by atoms with Gasteiger partial charge in [-0.1, -0.05) is 0 Å². The van der Waals surface area contributed by atoms with Crippen LogP contribution in [-0.4, -0.2) is 63.8 Å². The minimum Gasteiger partial charge on any atom is -0.384 e. The van der Waals surface area contributed by atoms with Gasteiger partial charge in [0, 0.05) is 61.3 Å². The standard InChI is InChI=1S/C25H25N7O/c1-31-8-10-32(11-9-31)25-12-17(6-7-27-25)23(33)14-20-13-22-19(15-28-20)2-4-21(30-22)18-3-5-24(26)29-16-18/h2-7,12-13,15-16H,8-11,14H2,1H3,(H2,26,29). The number of nitrogens with zero attached hydrogens (tertiary/aromatic N) is 6. The number of pyridine rings is 4. The Bertz CT molecular complexity index is 1300. The molecule has 1 fully saturated rings. The predicted molar refractivity (Wildman–Crippen MR) is 129 cm³/mol. The van der Waals surface area contributed by atoms with Gasteiger partial charge in [-0.25, -0.2) is 15.0 Å². The summed E-state index contributed by atoms with van der Waals surface area (Å²) >= 11 is 0. The molecular weight excluding hydrogens is 414 g/mol. The highest BCUT2D eigenvalue weighted by atomic mass is 16.1. The molecule has 0 aliphatic carbocycles. The first-order valence-corrected chi connectivity index (χ1v) is 11.0. The number of anilines is 2. The van der Waals surface area contributed by atoms with Gasteiger partial charge < -0.3 is 15.5 Å². The zero-order valence-electron chi connectivity index (χ0n) is 18.5. The summed E-state index contributed by atoms with van der Waals surface area (Å²) in [6.07, 6.45) is 5.38. The van der Waals surface area contributed by atoms with Crippen LogP contribution in [0, 0.1) is 0 Å². The van der Waals surface area contributed by atoms with Crippen molar-refractivity contribution in [2.75, 3.05) is 43.9 Å². The minimum absolute atomic E-state index is 0.0125. The second kappa shape index (κ2) is 8.91. The number of ketones is 1. The first-order chi connectivity index (χ1) is 16.0. The second-order valence-electron chi connectivity index (χ2n) is 8.33. The molecule has 1 saturated heterocycles. The van der Waals surface area contributed by atoms with E-state index in [-0.39, 0.29) is 12.2 Å². The molecule has 166 valence electrons. The zero-order chi connectivity index (χ0) is 22.8. The predicted octanol–water partition coefficient (Wildman–Crippen LogP) is 2.85. The number of Topliss-reactive ketones (excluding diaryl/α,β-unsaturated/α-hetero) is 1. The molecule has 8 heteroatoms. The van der Waals surface area contributed by atoms with Crippen molar-refractivity contribution in [2.24, 2.45) is 0 Å². The molecule has 1 aliphatic rings. The molecule has 0 saturated carbocycles. The van der Waals surface area contributed by atoms with E-state index in [0.717, 1.165) is 54.2 Å². The molecule has 1 aliphatic heterocycles. The number of likely N-dealkylation sites (N-methyl/N-ethyl adjacent to an activating group) is 1. The highest BCUT2D eigenvalue weighted by molar-refractivity contribution is 5.98. The molecule has 0 atom stereocenters. The molecule has 33 heavy (non-hydrogen) atoms. The van der Waals surface area contributed by atoms with Crippen LogP contribution in [0.2, 0.25) is 0 Å². The van der Waals surface area contributed by atoms with Gasteiger partial charge in [0.15, 0.2) is 5.78 Å². The number of carbonyl (C=O) groups excluding carboxylic acids is 1. The lowest BCUT2D eigenvalue weighted by molar-refractivity contribution is 0.0992. The largest absolute Gasteiger partial charge is 0.384 e. The van der Waals surface area contributed by atoms with Crippen LogP contribution in [0.5, 0.6) is 0 Å². The Kier molecular flexibility index (Phi) is 5.66. The third kappa shape index (κ3) is 4.65. The maximum absolute atomic E-state index is 13.0. The maximum atomic E-state index is 13.0. The van der Waals surface area contributed by atoms with Crippen LogP contribution >= 0.6 is 0 Å². The van der Waals surface area contributed by atoms with E-state index in [2.05, 4.69) is 31.8 Å². The van der Waals surface area contributed by atoms with Crippen molar-refractivity contribution in [1.82, 2.24) is 24.8 Å². The molecule has 0 aromatic carbocycles. The van der Waals surface area contributed by atoms with Crippen molar-refractivity contribution < 1.29 is 4.79 Å². The third-order valence-electron chi connectivity index (χ3n) is 5.95. The summed E-state index contributed by atoms with van der Waals surface area (Å²) in [5, 5.41) is 0.916. The SMILES string of the molecule is CN1CCN(c2cc(C(=O)Cc3cc4nc(-c5ccc(N)nc5)ccc4cn3)ccn2)CC1. The lowest BCUT2D eigenvalue weighted by atomic mass is 10.1. The van der Waals surface area contributed by atoms with Crippen molar-refractivity contribution >= 4 is 28.3 Å². The summed E-state index contributed by atoms with van der Waals surface area (Å²) in [5.74, 6) is 1.33. The van der Waals surface area contributed by atoms with E-state index in [1.54, 1.807) is 30.7 Å². The zero-order valence-corrected chi connectivity index (χ0v) is 18.5. The Morgan fingerprint density at radius 2 is 1.82 bits per heavy atom. The fraction of sp³-hybridized carbons (Fsp3) is 0.240. The average molecular weight is 440 g/mol.